The Kier molecular flexibility index (Phi) is 24.0. The normalized spacial score (nSPS) is 11.7. The third-order valence-electron chi connectivity index (χ3n) is 3.76. The predicted octanol–water partition coefficient (Wildman–Crippen LogP) is 2.44. The molecule has 0 saturated carbocycles. The van der Waals surface area contributed by atoms with E-state index >= 15 is 0 Å². The predicted molar refractivity (Wildman–Crippen MR) is 106 cm³/mol. The van der Waals surface area contributed by atoms with Gasteiger partial charge in [0.1, 0.15) is 0 Å². The van der Waals surface area contributed by atoms with Crippen molar-refractivity contribution in [1.82, 2.24) is 0 Å². The van der Waals surface area contributed by atoms with Crippen molar-refractivity contribution in [2.75, 3.05) is 6.61 Å². The SMILES string of the molecule is CCCCCCCCCCCCCO.O=C(O)CC(C(=O)O)S(=O)(=O)O.[NaH]. The van der Waals surface area contributed by atoms with Crippen LogP contribution in [0.4, 0.5) is 0 Å². The summed E-state index contributed by atoms with van der Waals surface area (Å²) in [6.07, 6.45) is 13.6. The van der Waals surface area contributed by atoms with E-state index in [2.05, 4.69) is 6.92 Å². The van der Waals surface area contributed by atoms with Crippen LogP contribution >= 0.6 is 0 Å². The van der Waals surface area contributed by atoms with Crippen molar-refractivity contribution in [3.8, 4) is 0 Å². The van der Waals surface area contributed by atoms with Crippen molar-refractivity contribution < 1.29 is 37.9 Å². The van der Waals surface area contributed by atoms with Gasteiger partial charge in [0.05, 0.1) is 6.42 Å². The zero-order chi connectivity index (χ0) is 20.4. The van der Waals surface area contributed by atoms with Crippen LogP contribution in [0.2, 0.25) is 0 Å². The number of carboxylic acid groups (broad SMARTS) is 2. The van der Waals surface area contributed by atoms with Crippen LogP contribution in [0.1, 0.15) is 84.0 Å². The summed E-state index contributed by atoms with van der Waals surface area (Å²) in [6.45, 7) is 2.64. The number of carbonyl (C=O) groups is 2. The van der Waals surface area contributed by atoms with Gasteiger partial charge < -0.3 is 15.3 Å². The van der Waals surface area contributed by atoms with Crippen LogP contribution in [-0.4, -0.2) is 81.6 Å². The first kappa shape index (κ1) is 31.5. The molecule has 4 N–H and O–H groups in total. The van der Waals surface area contributed by atoms with Crippen molar-refractivity contribution in [1.29, 1.82) is 0 Å². The monoisotopic (exact) mass is 422 g/mol. The Bertz CT molecular complexity index is 456. The molecule has 1 unspecified atom stereocenters. The number of hydrogen-bond donors (Lipinski definition) is 4. The molecular weight excluding hydrogens is 387 g/mol. The fourth-order valence-electron chi connectivity index (χ4n) is 2.25. The van der Waals surface area contributed by atoms with Crippen LogP contribution in [0.3, 0.4) is 0 Å². The molecular formula is C17H35NaO8S. The Morgan fingerprint density at radius 2 is 1.19 bits per heavy atom. The van der Waals surface area contributed by atoms with Crippen LogP contribution in [0.15, 0.2) is 0 Å². The molecule has 0 aliphatic heterocycles. The molecule has 0 saturated heterocycles. The van der Waals surface area contributed by atoms with Crippen molar-refractivity contribution in [2.45, 2.75) is 89.2 Å². The van der Waals surface area contributed by atoms with Gasteiger partial charge in [0.2, 0.25) is 0 Å². The Balaban J connectivity index is -0.000000416. The van der Waals surface area contributed by atoms with Crippen LogP contribution < -0.4 is 0 Å². The molecule has 0 aliphatic carbocycles. The van der Waals surface area contributed by atoms with Gasteiger partial charge in [-0.15, -0.1) is 0 Å². The number of hydrogen-bond acceptors (Lipinski definition) is 5. The summed E-state index contributed by atoms with van der Waals surface area (Å²) in [7, 11) is -4.84. The molecule has 1 atom stereocenters. The van der Waals surface area contributed by atoms with Crippen LogP contribution in [0.5, 0.6) is 0 Å². The number of rotatable bonds is 15. The Morgan fingerprint density at radius 1 is 0.815 bits per heavy atom. The van der Waals surface area contributed by atoms with E-state index in [9.17, 15) is 18.0 Å². The number of aliphatic carboxylic acids is 2. The molecule has 0 bridgehead atoms. The topological polar surface area (TPSA) is 149 Å². The van der Waals surface area contributed by atoms with Gasteiger partial charge in [-0.05, 0) is 6.42 Å². The second-order valence-electron chi connectivity index (χ2n) is 6.20. The third kappa shape index (κ3) is 23.8. The fraction of sp³-hybridized carbons (Fsp3) is 0.882. The first-order chi connectivity index (χ1) is 12.2. The molecule has 0 aromatic rings. The molecule has 27 heavy (non-hydrogen) atoms. The number of carboxylic acids is 2. The summed E-state index contributed by atoms with van der Waals surface area (Å²) in [6, 6.07) is 0. The molecule has 0 heterocycles. The molecule has 0 radical (unpaired) electrons. The standard InChI is InChI=1S/C13H28O.C4H6O7S.Na.H/c1-2-3-4-5-6-7-8-9-10-11-12-13-14;5-3(6)1-2(4(7)8)12(9,10)11;;/h14H,2-13H2,1H3;2H,1H2,(H,5,6)(H,7,8)(H,9,10,11);;. The van der Waals surface area contributed by atoms with Gasteiger partial charge in [0.25, 0.3) is 10.1 Å². The minimum absolute atomic E-state index is 0. The Hall–Kier alpha value is -0.190. The van der Waals surface area contributed by atoms with E-state index in [0.29, 0.717) is 6.61 Å². The van der Waals surface area contributed by atoms with E-state index in [1.54, 1.807) is 0 Å². The summed E-state index contributed by atoms with van der Waals surface area (Å²) < 4.78 is 28.7. The summed E-state index contributed by atoms with van der Waals surface area (Å²) in [4.78, 5) is 20.0. The average Bonchev–Trinajstić information content (AvgIpc) is 2.53. The molecule has 0 aliphatic rings. The second-order valence-corrected chi connectivity index (χ2v) is 7.80. The summed E-state index contributed by atoms with van der Waals surface area (Å²) in [5, 5.41) is 22.5. The van der Waals surface area contributed by atoms with Gasteiger partial charge in [-0.1, -0.05) is 71.1 Å². The van der Waals surface area contributed by atoms with Gasteiger partial charge in [0.15, 0.2) is 5.25 Å². The Labute approximate surface area is 184 Å². The first-order valence-corrected chi connectivity index (χ1v) is 10.7. The quantitative estimate of drug-likeness (QED) is 0.179. The molecule has 0 spiro atoms. The minimum atomic E-state index is -4.84. The molecule has 0 amide bonds. The van der Waals surface area contributed by atoms with E-state index in [-0.39, 0.29) is 29.6 Å². The van der Waals surface area contributed by atoms with E-state index < -0.39 is 33.7 Å². The van der Waals surface area contributed by atoms with Gasteiger partial charge in [-0.2, -0.15) is 8.42 Å². The number of unbranched alkanes of at least 4 members (excludes halogenated alkanes) is 10. The maximum atomic E-state index is 10.2. The zero-order valence-corrected chi connectivity index (χ0v) is 16.4. The number of aliphatic hydroxyl groups is 1. The van der Waals surface area contributed by atoms with Crippen molar-refractivity contribution in [3.63, 3.8) is 0 Å². The molecule has 0 rings (SSSR count). The van der Waals surface area contributed by atoms with E-state index in [1.165, 1.54) is 64.2 Å². The van der Waals surface area contributed by atoms with Crippen LogP contribution in [0.25, 0.3) is 0 Å². The van der Waals surface area contributed by atoms with Crippen LogP contribution in [-0.2, 0) is 19.7 Å². The van der Waals surface area contributed by atoms with Gasteiger partial charge in [0, 0.05) is 6.61 Å². The summed E-state index contributed by atoms with van der Waals surface area (Å²) in [5.74, 6) is -3.50. The molecule has 0 aromatic carbocycles. The average molecular weight is 423 g/mol. The van der Waals surface area contributed by atoms with E-state index in [4.69, 9.17) is 19.9 Å². The van der Waals surface area contributed by atoms with Crippen molar-refractivity contribution >= 4 is 51.6 Å². The molecule has 8 nitrogen and oxygen atoms in total. The van der Waals surface area contributed by atoms with E-state index in [0.717, 1.165) is 6.42 Å². The molecule has 158 valence electrons. The Morgan fingerprint density at radius 3 is 1.41 bits per heavy atom. The van der Waals surface area contributed by atoms with E-state index in [1.807, 2.05) is 0 Å². The van der Waals surface area contributed by atoms with Crippen molar-refractivity contribution in [3.05, 3.63) is 0 Å². The number of aliphatic hydroxyl groups excluding tert-OH is 1. The fourth-order valence-corrected chi connectivity index (χ4v) is 2.86. The maximum absolute atomic E-state index is 10.2. The summed E-state index contributed by atoms with van der Waals surface area (Å²) in [5.41, 5.74) is 0. The first-order valence-electron chi connectivity index (χ1n) is 9.18. The van der Waals surface area contributed by atoms with Crippen molar-refractivity contribution in [2.24, 2.45) is 0 Å². The van der Waals surface area contributed by atoms with Gasteiger partial charge >= 0.3 is 41.5 Å². The summed E-state index contributed by atoms with van der Waals surface area (Å²) >= 11 is 0. The second kappa shape index (κ2) is 20.5. The van der Waals surface area contributed by atoms with Crippen LogP contribution in [0, 0.1) is 0 Å². The molecule has 0 fully saturated rings. The molecule has 10 heteroatoms. The van der Waals surface area contributed by atoms with Gasteiger partial charge in [-0.3, -0.25) is 14.1 Å². The zero-order valence-electron chi connectivity index (χ0n) is 15.6. The third-order valence-corrected chi connectivity index (χ3v) is 4.84. The molecule has 0 aromatic heterocycles. The van der Waals surface area contributed by atoms with Gasteiger partial charge in [-0.25, -0.2) is 0 Å².